The number of ether oxygens (including phenoxy) is 1. The molecule has 0 amide bonds. The highest BCUT2D eigenvalue weighted by molar-refractivity contribution is 9.10. The van der Waals surface area contributed by atoms with Crippen LogP contribution in [0, 0.1) is 0 Å². The SMILES string of the molecule is COc1nc(Br)ccc1C1(CN)CC1. The molecule has 2 N–H and O–H groups in total. The second kappa shape index (κ2) is 3.51. The molecule has 0 atom stereocenters. The van der Waals surface area contributed by atoms with Crippen LogP contribution in [0.1, 0.15) is 18.4 Å². The van der Waals surface area contributed by atoms with Crippen LogP contribution in [0.2, 0.25) is 0 Å². The van der Waals surface area contributed by atoms with Gasteiger partial charge in [0.2, 0.25) is 5.88 Å². The fourth-order valence-corrected chi connectivity index (χ4v) is 2.00. The summed E-state index contributed by atoms with van der Waals surface area (Å²) in [5.41, 5.74) is 7.05. The molecule has 14 heavy (non-hydrogen) atoms. The summed E-state index contributed by atoms with van der Waals surface area (Å²) in [5.74, 6) is 0.697. The predicted octanol–water partition coefficient (Wildman–Crippen LogP) is 1.84. The first-order chi connectivity index (χ1) is 6.72. The maximum absolute atomic E-state index is 5.77. The number of hydrogen-bond donors (Lipinski definition) is 1. The summed E-state index contributed by atoms with van der Waals surface area (Å²) in [6, 6.07) is 3.99. The number of halogens is 1. The Kier molecular flexibility index (Phi) is 2.49. The van der Waals surface area contributed by atoms with Crippen molar-refractivity contribution in [2.45, 2.75) is 18.3 Å². The van der Waals surface area contributed by atoms with Crippen LogP contribution in [0.3, 0.4) is 0 Å². The van der Waals surface area contributed by atoms with Crippen molar-refractivity contribution in [1.82, 2.24) is 4.98 Å². The normalized spacial score (nSPS) is 17.9. The second-order valence-electron chi connectivity index (χ2n) is 3.68. The van der Waals surface area contributed by atoms with Gasteiger partial charge in [-0.2, -0.15) is 0 Å². The molecule has 0 aliphatic heterocycles. The van der Waals surface area contributed by atoms with Crippen molar-refractivity contribution in [2.24, 2.45) is 5.73 Å². The lowest BCUT2D eigenvalue weighted by molar-refractivity contribution is 0.386. The molecular formula is C10H13BrN2O. The smallest absolute Gasteiger partial charge is 0.217 e. The molecule has 0 aromatic carbocycles. The standard InChI is InChI=1S/C10H13BrN2O/c1-14-9-7(2-3-8(11)13-9)10(6-12)4-5-10/h2-3H,4-6,12H2,1H3. The highest BCUT2D eigenvalue weighted by Crippen LogP contribution is 2.50. The van der Waals surface area contributed by atoms with Crippen LogP contribution >= 0.6 is 15.9 Å². The highest BCUT2D eigenvalue weighted by atomic mass is 79.9. The van der Waals surface area contributed by atoms with E-state index in [0.29, 0.717) is 12.4 Å². The van der Waals surface area contributed by atoms with Crippen LogP contribution in [-0.2, 0) is 5.41 Å². The van der Waals surface area contributed by atoms with Gasteiger partial charge in [0.25, 0.3) is 0 Å². The van der Waals surface area contributed by atoms with E-state index in [-0.39, 0.29) is 5.41 Å². The zero-order valence-electron chi connectivity index (χ0n) is 8.09. The maximum Gasteiger partial charge on any atom is 0.217 e. The molecule has 3 nitrogen and oxygen atoms in total. The van der Waals surface area contributed by atoms with Crippen molar-refractivity contribution in [3.63, 3.8) is 0 Å². The monoisotopic (exact) mass is 256 g/mol. The first kappa shape index (κ1) is 9.93. The largest absolute Gasteiger partial charge is 0.481 e. The van der Waals surface area contributed by atoms with Gasteiger partial charge >= 0.3 is 0 Å². The summed E-state index contributed by atoms with van der Waals surface area (Å²) in [7, 11) is 1.64. The third kappa shape index (κ3) is 1.53. The Morgan fingerprint density at radius 3 is 2.79 bits per heavy atom. The van der Waals surface area contributed by atoms with Gasteiger partial charge in [0, 0.05) is 17.5 Å². The van der Waals surface area contributed by atoms with Gasteiger partial charge in [0.05, 0.1) is 7.11 Å². The van der Waals surface area contributed by atoms with Gasteiger partial charge in [-0.05, 0) is 34.8 Å². The van der Waals surface area contributed by atoms with Crippen molar-refractivity contribution in [1.29, 1.82) is 0 Å². The Balaban J connectivity index is 2.42. The van der Waals surface area contributed by atoms with E-state index >= 15 is 0 Å². The molecule has 0 saturated heterocycles. The number of methoxy groups -OCH3 is 1. The molecule has 0 unspecified atom stereocenters. The number of nitrogens with zero attached hydrogens (tertiary/aromatic N) is 1. The fraction of sp³-hybridized carbons (Fsp3) is 0.500. The molecule has 76 valence electrons. The summed E-state index contributed by atoms with van der Waals surface area (Å²) in [5, 5.41) is 0. The number of nitrogens with two attached hydrogens (primary N) is 1. The Labute approximate surface area is 91.8 Å². The average Bonchev–Trinajstić information content (AvgIpc) is 2.98. The molecule has 2 rings (SSSR count). The van der Waals surface area contributed by atoms with Crippen LogP contribution in [0.4, 0.5) is 0 Å². The molecule has 1 aliphatic carbocycles. The van der Waals surface area contributed by atoms with E-state index in [2.05, 4.69) is 27.0 Å². The van der Waals surface area contributed by atoms with Crippen molar-refractivity contribution in [3.05, 3.63) is 22.3 Å². The minimum atomic E-state index is 0.138. The Hall–Kier alpha value is -0.610. The topological polar surface area (TPSA) is 48.1 Å². The van der Waals surface area contributed by atoms with Gasteiger partial charge in [-0.3, -0.25) is 0 Å². The summed E-state index contributed by atoms with van der Waals surface area (Å²) >= 11 is 3.32. The molecule has 0 radical (unpaired) electrons. The van der Waals surface area contributed by atoms with Gasteiger partial charge in [-0.1, -0.05) is 6.07 Å². The van der Waals surface area contributed by atoms with Crippen LogP contribution in [0.25, 0.3) is 0 Å². The van der Waals surface area contributed by atoms with E-state index < -0.39 is 0 Å². The number of rotatable bonds is 3. The summed E-state index contributed by atoms with van der Waals surface area (Å²) in [6.07, 6.45) is 2.28. The lowest BCUT2D eigenvalue weighted by atomic mass is 9.97. The van der Waals surface area contributed by atoms with Crippen molar-refractivity contribution in [3.8, 4) is 5.88 Å². The molecule has 0 bridgehead atoms. The van der Waals surface area contributed by atoms with E-state index in [9.17, 15) is 0 Å². The fourth-order valence-electron chi connectivity index (χ4n) is 1.71. The summed E-state index contributed by atoms with van der Waals surface area (Å²) in [6.45, 7) is 0.673. The zero-order valence-corrected chi connectivity index (χ0v) is 9.67. The Morgan fingerprint density at radius 1 is 1.57 bits per heavy atom. The number of pyridine rings is 1. The molecule has 4 heteroatoms. The first-order valence-electron chi connectivity index (χ1n) is 4.63. The molecule has 1 aliphatic rings. The van der Waals surface area contributed by atoms with Crippen LogP contribution in [0.15, 0.2) is 16.7 Å². The minimum Gasteiger partial charge on any atom is -0.481 e. The van der Waals surface area contributed by atoms with Crippen LogP contribution in [-0.4, -0.2) is 18.6 Å². The summed E-state index contributed by atoms with van der Waals surface area (Å²) in [4.78, 5) is 4.28. The molecule has 1 saturated carbocycles. The third-order valence-electron chi connectivity index (χ3n) is 2.84. The lowest BCUT2D eigenvalue weighted by Crippen LogP contribution is -2.20. The van der Waals surface area contributed by atoms with Crippen LogP contribution in [0.5, 0.6) is 5.88 Å². The van der Waals surface area contributed by atoms with Crippen molar-refractivity contribution in [2.75, 3.05) is 13.7 Å². The minimum absolute atomic E-state index is 0.138. The maximum atomic E-state index is 5.77. The van der Waals surface area contributed by atoms with E-state index in [0.717, 1.165) is 23.0 Å². The Morgan fingerprint density at radius 2 is 2.29 bits per heavy atom. The zero-order chi connectivity index (χ0) is 10.2. The first-order valence-corrected chi connectivity index (χ1v) is 5.42. The van der Waals surface area contributed by atoms with Crippen LogP contribution < -0.4 is 10.5 Å². The Bertz CT molecular complexity index is 350. The van der Waals surface area contributed by atoms with E-state index in [1.165, 1.54) is 0 Å². The average molecular weight is 257 g/mol. The third-order valence-corrected chi connectivity index (χ3v) is 3.28. The molecule has 1 heterocycles. The second-order valence-corrected chi connectivity index (χ2v) is 4.49. The molecule has 1 fully saturated rings. The predicted molar refractivity (Wildman–Crippen MR) is 58.5 cm³/mol. The molecule has 0 spiro atoms. The molecule has 1 aromatic heterocycles. The van der Waals surface area contributed by atoms with Gasteiger partial charge in [-0.25, -0.2) is 4.98 Å². The van der Waals surface area contributed by atoms with E-state index in [1.54, 1.807) is 7.11 Å². The lowest BCUT2D eigenvalue weighted by Gasteiger charge is -2.15. The molecule has 1 aromatic rings. The van der Waals surface area contributed by atoms with E-state index in [4.69, 9.17) is 10.5 Å². The molecular weight excluding hydrogens is 244 g/mol. The van der Waals surface area contributed by atoms with Gasteiger partial charge < -0.3 is 10.5 Å². The van der Waals surface area contributed by atoms with Gasteiger partial charge in [0.1, 0.15) is 4.60 Å². The van der Waals surface area contributed by atoms with Gasteiger partial charge in [0.15, 0.2) is 0 Å². The van der Waals surface area contributed by atoms with Gasteiger partial charge in [-0.15, -0.1) is 0 Å². The number of hydrogen-bond acceptors (Lipinski definition) is 3. The highest BCUT2D eigenvalue weighted by Gasteiger charge is 2.45. The quantitative estimate of drug-likeness (QED) is 0.840. The van der Waals surface area contributed by atoms with Crippen molar-refractivity contribution >= 4 is 15.9 Å². The summed E-state index contributed by atoms with van der Waals surface area (Å²) < 4.78 is 6.05. The van der Waals surface area contributed by atoms with E-state index in [1.807, 2.05) is 6.07 Å². The van der Waals surface area contributed by atoms with Crippen molar-refractivity contribution < 1.29 is 4.74 Å². The number of aromatic nitrogens is 1.